The van der Waals surface area contributed by atoms with E-state index in [2.05, 4.69) is 26.8 Å². The van der Waals surface area contributed by atoms with Gasteiger partial charge in [-0.05, 0) is 61.7 Å². The van der Waals surface area contributed by atoms with Gasteiger partial charge in [-0.3, -0.25) is 9.59 Å². The summed E-state index contributed by atoms with van der Waals surface area (Å²) in [6, 6.07) is 0. The number of carbonyl (C=O) groups is 2. The summed E-state index contributed by atoms with van der Waals surface area (Å²) in [6.07, 6.45) is 16.8. The van der Waals surface area contributed by atoms with Gasteiger partial charge in [0.05, 0.1) is 6.10 Å². The first-order valence-corrected chi connectivity index (χ1v) is 13.9. The van der Waals surface area contributed by atoms with Crippen LogP contribution in [0.1, 0.15) is 117 Å². The molecule has 0 radical (unpaired) electrons. The zero-order valence-corrected chi connectivity index (χ0v) is 21.2. The lowest BCUT2D eigenvalue weighted by Gasteiger charge is -2.58. The average Bonchev–Trinajstić information content (AvgIpc) is 3.09. The second-order valence-electron chi connectivity index (χ2n) is 12.0. The monoisotopic (exact) mass is 458 g/mol. The Morgan fingerprint density at radius 2 is 1.67 bits per heavy atom. The van der Waals surface area contributed by atoms with Crippen LogP contribution < -0.4 is 0 Å². The Balaban J connectivity index is 1.32. The van der Waals surface area contributed by atoms with Gasteiger partial charge in [0, 0.05) is 24.7 Å². The number of Topliss-reactive ketones (excluding diaryl/α,β-unsaturated/α-hetero) is 1. The van der Waals surface area contributed by atoms with Crippen LogP contribution in [0.3, 0.4) is 0 Å². The number of aliphatic hydroxyl groups excluding tert-OH is 1. The molecule has 4 aliphatic rings. The molecule has 33 heavy (non-hydrogen) atoms. The third-order valence-corrected chi connectivity index (χ3v) is 10.1. The van der Waals surface area contributed by atoms with Crippen LogP contribution in [0.4, 0.5) is 0 Å². The summed E-state index contributed by atoms with van der Waals surface area (Å²) in [5.74, 6) is 1.30. The highest BCUT2D eigenvalue weighted by Gasteiger charge is 2.60. The van der Waals surface area contributed by atoms with Crippen LogP contribution in [0, 0.1) is 28.6 Å². The molecule has 4 nitrogen and oxygen atoms in total. The lowest BCUT2D eigenvalue weighted by Crippen LogP contribution is -2.54. The molecule has 7 atom stereocenters. The highest BCUT2D eigenvalue weighted by atomic mass is 16.5. The third kappa shape index (κ3) is 4.83. The van der Waals surface area contributed by atoms with Crippen molar-refractivity contribution in [2.45, 2.75) is 129 Å². The number of rotatable bonds is 9. The van der Waals surface area contributed by atoms with E-state index in [-0.39, 0.29) is 28.8 Å². The predicted octanol–water partition coefficient (Wildman–Crippen LogP) is 6.54. The molecule has 4 aliphatic carbocycles. The van der Waals surface area contributed by atoms with Gasteiger partial charge in [0.2, 0.25) is 0 Å². The first kappa shape index (κ1) is 24.9. The van der Waals surface area contributed by atoms with Crippen molar-refractivity contribution in [2.75, 3.05) is 0 Å². The lowest BCUT2D eigenvalue weighted by atomic mass is 9.47. The molecular weight excluding hydrogens is 412 g/mol. The molecule has 0 aromatic carbocycles. The fourth-order valence-electron chi connectivity index (χ4n) is 7.96. The van der Waals surface area contributed by atoms with Crippen LogP contribution in [0.15, 0.2) is 11.6 Å². The van der Waals surface area contributed by atoms with Crippen molar-refractivity contribution in [3.05, 3.63) is 11.6 Å². The molecule has 0 spiro atoms. The standard InChI is InChI=1S/C29H46O4/c1-4-5-6-7-8-9-10-11-26(32)33-21-14-16-28(2)20(18-21)19-24(30)27-22-12-13-25(31)29(22,3)17-15-23(27)28/h19,21-24,27,30H,4-18H2,1-3H3/t21-,22-,23-,24?,27-,28-,29-/m0/s1. The molecule has 0 amide bonds. The van der Waals surface area contributed by atoms with Gasteiger partial charge >= 0.3 is 5.97 Å². The van der Waals surface area contributed by atoms with Gasteiger partial charge in [-0.1, -0.05) is 70.9 Å². The minimum atomic E-state index is -0.476. The van der Waals surface area contributed by atoms with Gasteiger partial charge in [0.1, 0.15) is 11.9 Å². The Hall–Kier alpha value is -1.16. The quantitative estimate of drug-likeness (QED) is 0.242. The van der Waals surface area contributed by atoms with Gasteiger partial charge in [0.15, 0.2) is 0 Å². The third-order valence-electron chi connectivity index (χ3n) is 10.1. The number of fused-ring (bicyclic) bond motifs is 5. The fraction of sp³-hybridized carbons (Fsp3) is 0.862. The largest absolute Gasteiger partial charge is 0.462 e. The molecule has 1 N–H and O–H groups in total. The van der Waals surface area contributed by atoms with Crippen molar-refractivity contribution in [3.63, 3.8) is 0 Å². The maximum Gasteiger partial charge on any atom is 0.306 e. The minimum absolute atomic E-state index is 0.0490. The Kier molecular flexibility index (Phi) is 7.73. The zero-order chi connectivity index (χ0) is 23.6. The highest BCUT2D eigenvalue weighted by Crippen LogP contribution is 2.64. The number of hydrogen-bond donors (Lipinski definition) is 1. The number of ether oxygens (including phenoxy) is 1. The SMILES string of the molecule is CCCCCCCCCC(=O)O[C@H]1CC[C@@]2(C)C(=CC(O)[C@@H]3[C@@H]2CC[C@]2(C)C(=O)CC[C@@H]32)C1. The number of esters is 1. The van der Waals surface area contributed by atoms with E-state index in [1.54, 1.807) is 0 Å². The topological polar surface area (TPSA) is 63.6 Å². The maximum atomic E-state index is 12.6. The van der Waals surface area contributed by atoms with Gasteiger partial charge in [-0.2, -0.15) is 0 Å². The van der Waals surface area contributed by atoms with E-state index in [0.717, 1.165) is 51.4 Å². The molecular formula is C29H46O4. The summed E-state index contributed by atoms with van der Waals surface area (Å²) < 4.78 is 5.90. The summed E-state index contributed by atoms with van der Waals surface area (Å²) in [4.78, 5) is 25.1. The van der Waals surface area contributed by atoms with E-state index in [1.165, 1.54) is 37.7 Å². The molecule has 1 unspecified atom stereocenters. The van der Waals surface area contributed by atoms with E-state index in [9.17, 15) is 14.7 Å². The van der Waals surface area contributed by atoms with Crippen LogP contribution in [0.2, 0.25) is 0 Å². The van der Waals surface area contributed by atoms with Gasteiger partial charge in [-0.15, -0.1) is 0 Å². The molecule has 3 saturated carbocycles. The Labute approximate surface area is 200 Å². The van der Waals surface area contributed by atoms with Crippen molar-refractivity contribution in [3.8, 4) is 0 Å². The van der Waals surface area contributed by atoms with Crippen LogP contribution in [0.5, 0.6) is 0 Å². The maximum absolute atomic E-state index is 12.6. The number of ketones is 1. The second-order valence-corrected chi connectivity index (χ2v) is 12.0. The van der Waals surface area contributed by atoms with Crippen LogP contribution in [-0.2, 0) is 14.3 Å². The molecule has 0 aromatic rings. The first-order valence-electron chi connectivity index (χ1n) is 13.9. The van der Waals surface area contributed by atoms with Gasteiger partial charge in [-0.25, -0.2) is 0 Å². The molecule has 3 fully saturated rings. The van der Waals surface area contributed by atoms with E-state index >= 15 is 0 Å². The highest BCUT2D eigenvalue weighted by molar-refractivity contribution is 5.87. The smallest absolute Gasteiger partial charge is 0.306 e. The summed E-state index contributed by atoms with van der Waals surface area (Å²) in [5.41, 5.74) is 1.13. The van der Waals surface area contributed by atoms with Crippen molar-refractivity contribution in [1.82, 2.24) is 0 Å². The van der Waals surface area contributed by atoms with Crippen molar-refractivity contribution in [2.24, 2.45) is 28.6 Å². The molecule has 0 saturated heterocycles. The van der Waals surface area contributed by atoms with Crippen molar-refractivity contribution in [1.29, 1.82) is 0 Å². The number of hydrogen-bond acceptors (Lipinski definition) is 4. The summed E-state index contributed by atoms with van der Waals surface area (Å²) in [5, 5.41) is 11.2. The second kappa shape index (κ2) is 10.2. The Bertz CT molecular complexity index is 757. The average molecular weight is 459 g/mol. The molecule has 0 bridgehead atoms. The zero-order valence-electron chi connectivity index (χ0n) is 21.2. The summed E-state index contributed by atoms with van der Waals surface area (Å²) in [7, 11) is 0. The van der Waals surface area contributed by atoms with E-state index in [4.69, 9.17) is 4.74 Å². The number of carbonyl (C=O) groups excluding carboxylic acids is 2. The van der Waals surface area contributed by atoms with Crippen molar-refractivity contribution < 1.29 is 19.4 Å². The van der Waals surface area contributed by atoms with Crippen LogP contribution in [-0.4, -0.2) is 29.1 Å². The molecule has 4 heteroatoms. The Morgan fingerprint density at radius 3 is 2.42 bits per heavy atom. The van der Waals surface area contributed by atoms with E-state index in [1.807, 2.05) is 0 Å². The molecule has 0 heterocycles. The van der Waals surface area contributed by atoms with Crippen LogP contribution >= 0.6 is 0 Å². The van der Waals surface area contributed by atoms with Crippen LogP contribution in [0.25, 0.3) is 0 Å². The summed E-state index contributed by atoms with van der Waals surface area (Å²) >= 11 is 0. The van der Waals surface area contributed by atoms with Gasteiger partial charge < -0.3 is 9.84 Å². The number of aliphatic hydroxyl groups is 1. The Morgan fingerprint density at radius 1 is 1.00 bits per heavy atom. The first-order chi connectivity index (χ1) is 15.8. The minimum Gasteiger partial charge on any atom is -0.462 e. The van der Waals surface area contributed by atoms with Gasteiger partial charge in [0.25, 0.3) is 0 Å². The van der Waals surface area contributed by atoms with Crippen molar-refractivity contribution >= 4 is 11.8 Å². The predicted molar refractivity (Wildman–Crippen MR) is 131 cm³/mol. The van der Waals surface area contributed by atoms with E-state index in [0.29, 0.717) is 30.5 Å². The summed E-state index contributed by atoms with van der Waals surface area (Å²) in [6.45, 7) is 6.76. The lowest BCUT2D eigenvalue weighted by molar-refractivity contribution is -0.152. The molecule has 4 rings (SSSR count). The molecule has 0 aromatic heterocycles. The fourth-order valence-corrected chi connectivity index (χ4v) is 7.96. The normalized spacial score (nSPS) is 39.9. The number of unbranched alkanes of at least 4 members (excludes halogenated alkanes) is 6. The molecule has 0 aliphatic heterocycles. The molecule has 186 valence electrons. The van der Waals surface area contributed by atoms with E-state index < -0.39 is 6.10 Å².